The Morgan fingerprint density at radius 1 is 1.17 bits per heavy atom. The quantitative estimate of drug-likeness (QED) is 0.888. The molecule has 1 unspecified atom stereocenters. The first-order valence-electron chi connectivity index (χ1n) is 5.35. The molecule has 0 aliphatic heterocycles. The number of pyridine rings is 1. The van der Waals surface area contributed by atoms with Gasteiger partial charge in [-0.05, 0) is 52.8 Å². The third-order valence-electron chi connectivity index (χ3n) is 2.61. The molecule has 1 N–H and O–H groups in total. The second-order valence-corrected chi connectivity index (χ2v) is 5.53. The van der Waals surface area contributed by atoms with Crippen LogP contribution in [0.5, 0.6) is 0 Å². The monoisotopic (exact) mass is 344 g/mol. The van der Waals surface area contributed by atoms with Crippen LogP contribution in [0.1, 0.15) is 17.3 Å². The third kappa shape index (κ3) is 3.04. The summed E-state index contributed by atoms with van der Waals surface area (Å²) in [6.07, 6.45) is 1.77. The van der Waals surface area contributed by atoms with Gasteiger partial charge in [-0.2, -0.15) is 0 Å². The number of rotatable bonds is 3. The van der Waals surface area contributed by atoms with E-state index in [0.29, 0.717) is 10.0 Å². The molecule has 94 valence electrons. The summed E-state index contributed by atoms with van der Waals surface area (Å²) in [5, 5.41) is 4.32. The SMILES string of the molecule is CNC(c1ccc(Cl)c(Cl)c1)c1ccc(Br)cn1. The van der Waals surface area contributed by atoms with Crippen LogP contribution in [0.25, 0.3) is 0 Å². The highest BCUT2D eigenvalue weighted by Gasteiger charge is 2.14. The summed E-state index contributed by atoms with van der Waals surface area (Å²) in [5.41, 5.74) is 1.96. The van der Waals surface area contributed by atoms with Gasteiger partial charge in [0.15, 0.2) is 0 Å². The highest BCUT2D eigenvalue weighted by atomic mass is 79.9. The molecule has 0 fully saturated rings. The molecule has 0 saturated carbocycles. The Morgan fingerprint density at radius 3 is 2.50 bits per heavy atom. The fourth-order valence-corrected chi connectivity index (χ4v) is 2.28. The fraction of sp³-hybridized carbons (Fsp3) is 0.154. The van der Waals surface area contributed by atoms with E-state index < -0.39 is 0 Å². The summed E-state index contributed by atoms with van der Waals surface area (Å²) in [5.74, 6) is 0. The van der Waals surface area contributed by atoms with Crippen LogP contribution in [0, 0.1) is 0 Å². The Morgan fingerprint density at radius 2 is 1.94 bits per heavy atom. The Hall–Kier alpha value is -0.610. The molecule has 2 nitrogen and oxygen atoms in total. The van der Waals surface area contributed by atoms with Crippen molar-refractivity contribution < 1.29 is 0 Å². The lowest BCUT2D eigenvalue weighted by Gasteiger charge is -2.16. The first-order valence-corrected chi connectivity index (χ1v) is 6.90. The minimum Gasteiger partial charge on any atom is -0.308 e. The maximum atomic E-state index is 6.04. The number of hydrogen-bond acceptors (Lipinski definition) is 2. The van der Waals surface area contributed by atoms with Crippen LogP contribution in [0.3, 0.4) is 0 Å². The molecule has 1 aromatic heterocycles. The average molecular weight is 346 g/mol. The zero-order valence-electron chi connectivity index (χ0n) is 9.62. The van der Waals surface area contributed by atoms with Gasteiger partial charge in [0, 0.05) is 10.7 Å². The molecule has 0 aliphatic carbocycles. The van der Waals surface area contributed by atoms with E-state index in [0.717, 1.165) is 15.7 Å². The van der Waals surface area contributed by atoms with Crippen molar-refractivity contribution >= 4 is 39.1 Å². The van der Waals surface area contributed by atoms with Gasteiger partial charge in [-0.3, -0.25) is 4.98 Å². The molecular weight excluding hydrogens is 335 g/mol. The van der Waals surface area contributed by atoms with E-state index in [2.05, 4.69) is 26.2 Å². The summed E-state index contributed by atoms with van der Waals surface area (Å²) < 4.78 is 0.954. The van der Waals surface area contributed by atoms with Crippen molar-refractivity contribution in [3.05, 3.63) is 62.3 Å². The van der Waals surface area contributed by atoms with Gasteiger partial charge in [0.1, 0.15) is 0 Å². The van der Waals surface area contributed by atoms with Crippen LogP contribution in [-0.4, -0.2) is 12.0 Å². The van der Waals surface area contributed by atoms with Crippen LogP contribution in [0.4, 0.5) is 0 Å². The van der Waals surface area contributed by atoms with Crippen molar-refractivity contribution in [3.63, 3.8) is 0 Å². The number of hydrogen-bond donors (Lipinski definition) is 1. The molecule has 0 amide bonds. The smallest absolute Gasteiger partial charge is 0.0749 e. The first-order chi connectivity index (χ1) is 8.61. The van der Waals surface area contributed by atoms with Crippen molar-refractivity contribution in [1.29, 1.82) is 0 Å². The maximum absolute atomic E-state index is 6.04. The van der Waals surface area contributed by atoms with Gasteiger partial charge in [0.25, 0.3) is 0 Å². The van der Waals surface area contributed by atoms with Gasteiger partial charge < -0.3 is 5.32 Å². The van der Waals surface area contributed by atoms with E-state index in [4.69, 9.17) is 23.2 Å². The van der Waals surface area contributed by atoms with Crippen LogP contribution < -0.4 is 5.32 Å². The summed E-state index contributed by atoms with van der Waals surface area (Å²) in [6, 6.07) is 9.52. The van der Waals surface area contributed by atoms with Crippen LogP contribution in [-0.2, 0) is 0 Å². The molecule has 5 heteroatoms. The zero-order valence-corrected chi connectivity index (χ0v) is 12.7. The lowest BCUT2D eigenvalue weighted by Crippen LogP contribution is -2.18. The molecule has 1 atom stereocenters. The van der Waals surface area contributed by atoms with Crippen molar-refractivity contribution in [2.24, 2.45) is 0 Å². The molecular formula is C13H11BrCl2N2. The topological polar surface area (TPSA) is 24.9 Å². The number of nitrogens with zero attached hydrogens (tertiary/aromatic N) is 1. The fourth-order valence-electron chi connectivity index (χ4n) is 1.74. The van der Waals surface area contributed by atoms with Gasteiger partial charge in [-0.25, -0.2) is 0 Å². The zero-order chi connectivity index (χ0) is 13.1. The minimum absolute atomic E-state index is 0.00660. The minimum atomic E-state index is -0.00660. The molecule has 2 rings (SSSR count). The Bertz CT molecular complexity index is 543. The molecule has 0 bridgehead atoms. The van der Waals surface area contributed by atoms with Gasteiger partial charge in [-0.15, -0.1) is 0 Å². The Balaban J connectivity index is 2.38. The van der Waals surface area contributed by atoms with E-state index in [9.17, 15) is 0 Å². The average Bonchev–Trinajstić information content (AvgIpc) is 2.37. The lowest BCUT2D eigenvalue weighted by atomic mass is 10.0. The predicted molar refractivity (Wildman–Crippen MR) is 79.3 cm³/mol. The number of benzene rings is 1. The van der Waals surface area contributed by atoms with Crippen molar-refractivity contribution in [2.75, 3.05) is 7.05 Å². The van der Waals surface area contributed by atoms with Crippen molar-refractivity contribution in [3.8, 4) is 0 Å². The van der Waals surface area contributed by atoms with E-state index in [-0.39, 0.29) is 6.04 Å². The second-order valence-electron chi connectivity index (χ2n) is 3.80. The molecule has 0 radical (unpaired) electrons. The van der Waals surface area contributed by atoms with E-state index in [1.165, 1.54) is 0 Å². The largest absolute Gasteiger partial charge is 0.308 e. The highest BCUT2D eigenvalue weighted by Crippen LogP contribution is 2.28. The van der Waals surface area contributed by atoms with E-state index in [1.807, 2.05) is 31.3 Å². The summed E-state index contributed by atoms with van der Waals surface area (Å²) >= 11 is 15.3. The van der Waals surface area contributed by atoms with Gasteiger partial charge in [0.2, 0.25) is 0 Å². The van der Waals surface area contributed by atoms with Gasteiger partial charge >= 0.3 is 0 Å². The molecule has 0 saturated heterocycles. The predicted octanol–water partition coefficient (Wildman–Crippen LogP) is 4.46. The van der Waals surface area contributed by atoms with Crippen LogP contribution in [0.15, 0.2) is 41.0 Å². The summed E-state index contributed by atoms with van der Waals surface area (Å²) in [6.45, 7) is 0. The normalized spacial score (nSPS) is 12.4. The van der Waals surface area contributed by atoms with E-state index >= 15 is 0 Å². The number of halogens is 3. The lowest BCUT2D eigenvalue weighted by molar-refractivity contribution is 0.671. The van der Waals surface area contributed by atoms with Gasteiger partial charge in [0.05, 0.1) is 21.8 Å². The first kappa shape index (κ1) is 13.8. The third-order valence-corrected chi connectivity index (χ3v) is 3.82. The second kappa shape index (κ2) is 6.02. The summed E-state index contributed by atoms with van der Waals surface area (Å²) in [4.78, 5) is 4.39. The molecule has 1 heterocycles. The van der Waals surface area contributed by atoms with Crippen molar-refractivity contribution in [1.82, 2.24) is 10.3 Å². The Kier molecular flexibility index (Phi) is 4.62. The molecule has 18 heavy (non-hydrogen) atoms. The highest BCUT2D eigenvalue weighted by molar-refractivity contribution is 9.10. The molecule has 0 aliphatic rings. The summed E-state index contributed by atoms with van der Waals surface area (Å²) in [7, 11) is 1.89. The van der Waals surface area contributed by atoms with Crippen molar-refractivity contribution in [2.45, 2.75) is 6.04 Å². The van der Waals surface area contributed by atoms with Crippen LogP contribution >= 0.6 is 39.1 Å². The molecule has 2 aromatic rings. The maximum Gasteiger partial charge on any atom is 0.0749 e. The molecule has 0 spiro atoms. The molecule has 1 aromatic carbocycles. The number of aromatic nitrogens is 1. The van der Waals surface area contributed by atoms with Gasteiger partial charge in [-0.1, -0.05) is 29.3 Å². The Labute approximate surface area is 124 Å². The van der Waals surface area contributed by atoms with E-state index in [1.54, 1.807) is 12.3 Å². The number of nitrogens with one attached hydrogen (secondary N) is 1. The standard InChI is InChI=1S/C13H11BrCl2N2/c1-17-13(12-5-3-9(14)7-18-12)8-2-4-10(15)11(16)6-8/h2-7,13,17H,1H3. The van der Waals surface area contributed by atoms with Crippen LogP contribution in [0.2, 0.25) is 10.0 Å².